The third-order valence-electron chi connectivity index (χ3n) is 4.45. The van der Waals surface area contributed by atoms with Crippen molar-refractivity contribution in [3.05, 3.63) is 76.5 Å². The van der Waals surface area contributed by atoms with Crippen molar-refractivity contribution < 1.29 is 9.53 Å². The van der Waals surface area contributed by atoms with Crippen LogP contribution in [-0.4, -0.2) is 33.9 Å². The molecule has 0 radical (unpaired) electrons. The summed E-state index contributed by atoms with van der Waals surface area (Å²) in [6.45, 7) is 2.05. The lowest BCUT2D eigenvalue weighted by atomic mass is 10.2. The normalized spacial score (nSPS) is 16.8. The number of carbonyl (C=O) groups is 1. The molecule has 0 spiro atoms. The van der Waals surface area contributed by atoms with Crippen molar-refractivity contribution in [1.82, 2.24) is 20.2 Å². The second-order valence-corrected chi connectivity index (χ2v) is 7.20. The Hall–Kier alpha value is -2.77. The standard InChI is InChI=1S/C20H20N4O2S/c25-20(22-9-17-5-7-21-14-23-17)12-24-10-15-3-1-2-4-18(15)26-19(11-24)16-6-8-27-13-16/h1-8,13-14,19H,9-12H2,(H,22,25). The van der Waals surface area contributed by atoms with E-state index in [-0.39, 0.29) is 12.0 Å². The van der Waals surface area contributed by atoms with Gasteiger partial charge in [0.15, 0.2) is 0 Å². The van der Waals surface area contributed by atoms with Crippen molar-refractivity contribution in [2.24, 2.45) is 0 Å². The Balaban J connectivity index is 1.45. The molecule has 138 valence electrons. The number of nitrogens with one attached hydrogen (secondary N) is 1. The van der Waals surface area contributed by atoms with Crippen LogP contribution in [0.1, 0.15) is 22.9 Å². The van der Waals surface area contributed by atoms with Crippen molar-refractivity contribution in [1.29, 1.82) is 0 Å². The predicted octanol–water partition coefficient (Wildman–Crippen LogP) is 2.79. The number of thiophene rings is 1. The lowest BCUT2D eigenvalue weighted by Gasteiger charge is -2.23. The summed E-state index contributed by atoms with van der Waals surface area (Å²) >= 11 is 1.65. The summed E-state index contributed by atoms with van der Waals surface area (Å²) in [5, 5.41) is 7.08. The average Bonchev–Trinajstić information content (AvgIpc) is 3.16. The molecule has 3 heterocycles. The Kier molecular flexibility index (Phi) is 5.41. The summed E-state index contributed by atoms with van der Waals surface area (Å²) < 4.78 is 6.26. The maximum absolute atomic E-state index is 12.5. The summed E-state index contributed by atoms with van der Waals surface area (Å²) in [4.78, 5) is 22.6. The molecule has 3 aromatic rings. The van der Waals surface area contributed by atoms with Crippen LogP contribution in [0.25, 0.3) is 0 Å². The number of carbonyl (C=O) groups excluding carboxylic acids is 1. The van der Waals surface area contributed by atoms with Gasteiger partial charge in [-0.1, -0.05) is 18.2 Å². The van der Waals surface area contributed by atoms with Crippen LogP contribution in [0.3, 0.4) is 0 Å². The van der Waals surface area contributed by atoms with Crippen molar-refractivity contribution in [3.8, 4) is 5.75 Å². The summed E-state index contributed by atoms with van der Waals surface area (Å²) in [5.41, 5.74) is 3.03. The molecule has 0 saturated heterocycles. The van der Waals surface area contributed by atoms with Crippen LogP contribution in [0.4, 0.5) is 0 Å². The highest BCUT2D eigenvalue weighted by Crippen LogP contribution is 2.31. The lowest BCUT2D eigenvalue weighted by Crippen LogP contribution is -2.38. The molecule has 1 aromatic carbocycles. The number of para-hydroxylation sites is 1. The van der Waals surface area contributed by atoms with Gasteiger partial charge >= 0.3 is 0 Å². The number of ether oxygens (including phenoxy) is 1. The highest BCUT2D eigenvalue weighted by atomic mass is 32.1. The second kappa shape index (κ2) is 8.28. The van der Waals surface area contributed by atoms with Crippen LogP contribution in [0.15, 0.2) is 59.7 Å². The first-order valence-electron chi connectivity index (χ1n) is 8.78. The van der Waals surface area contributed by atoms with Gasteiger partial charge < -0.3 is 10.1 Å². The monoisotopic (exact) mass is 380 g/mol. The molecular formula is C20H20N4O2S. The molecule has 0 aliphatic carbocycles. The molecule has 1 amide bonds. The first-order chi connectivity index (χ1) is 13.3. The van der Waals surface area contributed by atoms with Crippen LogP contribution < -0.4 is 10.1 Å². The summed E-state index contributed by atoms with van der Waals surface area (Å²) in [5.74, 6) is 0.856. The molecule has 27 heavy (non-hydrogen) atoms. The van der Waals surface area contributed by atoms with E-state index in [1.54, 1.807) is 23.6 Å². The molecule has 1 aliphatic heterocycles. The predicted molar refractivity (Wildman–Crippen MR) is 103 cm³/mol. The molecule has 7 heteroatoms. The number of fused-ring (bicyclic) bond motifs is 1. The van der Waals surface area contributed by atoms with Crippen LogP contribution in [-0.2, 0) is 17.9 Å². The van der Waals surface area contributed by atoms with Gasteiger partial charge in [0.2, 0.25) is 5.91 Å². The van der Waals surface area contributed by atoms with Gasteiger partial charge in [0, 0.05) is 30.4 Å². The van der Waals surface area contributed by atoms with Crippen molar-refractivity contribution in [2.75, 3.05) is 13.1 Å². The fourth-order valence-electron chi connectivity index (χ4n) is 3.10. The number of amides is 1. The number of hydrogen-bond donors (Lipinski definition) is 1. The lowest BCUT2D eigenvalue weighted by molar-refractivity contribution is -0.122. The summed E-state index contributed by atoms with van der Waals surface area (Å²) in [7, 11) is 0. The minimum Gasteiger partial charge on any atom is -0.484 e. The van der Waals surface area contributed by atoms with E-state index in [1.807, 2.05) is 23.6 Å². The van der Waals surface area contributed by atoms with E-state index in [1.165, 1.54) is 6.33 Å². The SMILES string of the molecule is O=C(CN1Cc2ccccc2OC(c2ccsc2)C1)NCc1ccncn1. The number of aromatic nitrogens is 2. The highest BCUT2D eigenvalue weighted by molar-refractivity contribution is 7.07. The summed E-state index contributed by atoms with van der Waals surface area (Å²) in [6.07, 6.45) is 3.06. The third kappa shape index (κ3) is 4.50. The van der Waals surface area contributed by atoms with Gasteiger partial charge in [-0.25, -0.2) is 9.97 Å². The Morgan fingerprint density at radius 2 is 2.22 bits per heavy atom. The average molecular weight is 380 g/mol. The van der Waals surface area contributed by atoms with Gasteiger partial charge in [-0.3, -0.25) is 9.69 Å². The zero-order chi connectivity index (χ0) is 18.5. The topological polar surface area (TPSA) is 67.3 Å². The quantitative estimate of drug-likeness (QED) is 0.737. The molecule has 0 fully saturated rings. The van der Waals surface area contributed by atoms with Crippen LogP contribution in [0, 0.1) is 0 Å². The smallest absolute Gasteiger partial charge is 0.234 e. The fraction of sp³-hybridized carbons (Fsp3) is 0.250. The zero-order valence-electron chi connectivity index (χ0n) is 14.7. The first kappa shape index (κ1) is 17.6. The number of benzene rings is 1. The van der Waals surface area contributed by atoms with E-state index < -0.39 is 0 Å². The molecule has 2 aromatic heterocycles. The van der Waals surface area contributed by atoms with Gasteiger partial charge in [0.25, 0.3) is 0 Å². The molecule has 0 saturated carbocycles. The highest BCUT2D eigenvalue weighted by Gasteiger charge is 2.25. The molecule has 1 N–H and O–H groups in total. The largest absolute Gasteiger partial charge is 0.484 e. The number of rotatable bonds is 5. The molecule has 4 rings (SSSR count). The number of hydrogen-bond acceptors (Lipinski definition) is 6. The number of nitrogens with zero attached hydrogens (tertiary/aromatic N) is 3. The third-order valence-corrected chi connectivity index (χ3v) is 5.15. The minimum atomic E-state index is -0.0884. The van der Waals surface area contributed by atoms with E-state index in [0.717, 1.165) is 22.6 Å². The molecule has 1 aliphatic rings. The van der Waals surface area contributed by atoms with Crippen molar-refractivity contribution in [3.63, 3.8) is 0 Å². The van der Waals surface area contributed by atoms with E-state index in [0.29, 0.717) is 26.2 Å². The second-order valence-electron chi connectivity index (χ2n) is 6.42. The van der Waals surface area contributed by atoms with E-state index in [9.17, 15) is 4.79 Å². The van der Waals surface area contributed by atoms with Gasteiger partial charge in [-0.15, -0.1) is 0 Å². The van der Waals surface area contributed by atoms with Gasteiger partial charge in [0.1, 0.15) is 18.2 Å². The first-order valence-corrected chi connectivity index (χ1v) is 9.73. The maximum atomic E-state index is 12.5. The van der Waals surface area contributed by atoms with Crippen LogP contribution >= 0.6 is 11.3 Å². The van der Waals surface area contributed by atoms with Gasteiger partial charge in [0.05, 0.1) is 18.8 Å². The van der Waals surface area contributed by atoms with Crippen LogP contribution in [0.2, 0.25) is 0 Å². The molecule has 1 unspecified atom stereocenters. The van der Waals surface area contributed by atoms with E-state index in [4.69, 9.17) is 4.74 Å². The molecule has 6 nitrogen and oxygen atoms in total. The molecule has 1 atom stereocenters. The van der Waals surface area contributed by atoms with E-state index in [2.05, 4.69) is 37.7 Å². The van der Waals surface area contributed by atoms with Crippen molar-refractivity contribution >= 4 is 17.2 Å². The summed E-state index contributed by atoms with van der Waals surface area (Å²) in [6, 6.07) is 11.9. The Bertz CT molecular complexity index is 886. The molecule has 0 bridgehead atoms. The van der Waals surface area contributed by atoms with Gasteiger partial charge in [-0.2, -0.15) is 11.3 Å². The van der Waals surface area contributed by atoms with E-state index >= 15 is 0 Å². The fourth-order valence-corrected chi connectivity index (χ4v) is 3.80. The molecular weight excluding hydrogens is 360 g/mol. The van der Waals surface area contributed by atoms with Gasteiger partial charge in [-0.05, 0) is 29.0 Å². The Labute approximate surface area is 161 Å². The van der Waals surface area contributed by atoms with Crippen LogP contribution in [0.5, 0.6) is 5.75 Å². The maximum Gasteiger partial charge on any atom is 0.234 e. The Morgan fingerprint density at radius 3 is 3.04 bits per heavy atom. The van der Waals surface area contributed by atoms with Crippen molar-refractivity contribution in [2.45, 2.75) is 19.2 Å². The Morgan fingerprint density at radius 1 is 1.30 bits per heavy atom. The minimum absolute atomic E-state index is 0.0305. The zero-order valence-corrected chi connectivity index (χ0v) is 15.6.